The molecule has 2 aromatic heterocycles. The molecule has 57 heavy (non-hydrogen) atoms. The SMILES string of the molecule is c1ccc(-c2cccc(-n3c4ccc(-c5ccc6c(c5)-c5ccccc5C6c5ccccc5)cc4c4c3ccc3c5ccccc5n(-c5ccccc5)c34)c2)cc1. The van der Waals surface area contributed by atoms with Gasteiger partial charge in [0.1, 0.15) is 0 Å². The summed E-state index contributed by atoms with van der Waals surface area (Å²) in [5.41, 5.74) is 18.7. The molecule has 12 rings (SSSR count). The molecule has 0 aliphatic heterocycles. The summed E-state index contributed by atoms with van der Waals surface area (Å²) in [4.78, 5) is 0. The molecule has 1 atom stereocenters. The Morgan fingerprint density at radius 1 is 0.316 bits per heavy atom. The smallest absolute Gasteiger partial charge is 0.0641 e. The largest absolute Gasteiger partial charge is 0.309 e. The molecule has 0 spiro atoms. The van der Waals surface area contributed by atoms with Crippen molar-refractivity contribution >= 4 is 43.6 Å². The minimum atomic E-state index is 0.228. The van der Waals surface area contributed by atoms with Crippen molar-refractivity contribution in [2.24, 2.45) is 0 Å². The van der Waals surface area contributed by atoms with Crippen molar-refractivity contribution < 1.29 is 0 Å². The summed E-state index contributed by atoms with van der Waals surface area (Å²) >= 11 is 0. The summed E-state index contributed by atoms with van der Waals surface area (Å²) in [7, 11) is 0. The van der Waals surface area contributed by atoms with Gasteiger partial charge in [0.25, 0.3) is 0 Å². The summed E-state index contributed by atoms with van der Waals surface area (Å²) in [6.45, 7) is 0. The molecular weight excluding hydrogens is 689 g/mol. The number of aromatic nitrogens is 2. The zero-order valence-electron chi connectivity index (χ0n) is 31.2. The van der Waals surface area contributed by atoms with Gasteiger partial charge in [-0.15, -0.1) is 0 Å². The lowest BCUT2D eigenvalue weighted by Gasteiger charge is -2.14. The minimum Gasteiger partial charge on any atom is -0.309 e. The fourth-order valence-corrected chi connectivity index (χ4v) is 9.70. The molecule has 0 N–H and O–H groups in total. The third-order valence-electron chi connectivity index (χ3n) is 12.2. The Kier molecular flexibility index (Phi) is 7.02. The number of benzene rings is 9. The van der Waals surface area contributed by atoms with Crippen LogP contribution < -0.4 is 0 Å². The van der Waals surface area contributed by atoms with Crippen molar-refractivity contribution in [1.82, 2.24) is 9.13 Å². The Labute approximate surface area is 331 Å². The second kappa shape index (κ2) is 12.6. The van der Waals surface area contributed by atoms with Crippen molar-refractivity contribution in [2.75, 3.05) is 0 Å². The predicted molar refractivity (Wildman–Crippen MR) is 239 cm³/mol. The van der Waals surface area contributed by atoms with Gasteiger partial charge >= 0.3 is 0 Å². The Bertz CT molecular complexity index is 3330. The highest BCUT2D eigenvalue weighted by atomic mass is 15.0. The van der Waals surface area contributed by atoms with Crippen LogP contribution in [0, 0.1) is 0 Å². The Balaban J connectivity index is 1.14. The fourth-order valence-electron chi connectivity index (χ4n) is 9.70. The zero-order chi connectivity index (χ0) is 37.5. The maximum atomic E-state index is 2.47. The number of hydrogen-bond donors (Lipinski definition) is 0. The standard InChI is InChI=1S/C55H36N2/c1-4-15-36(16-5-1)38-19-14-22-42(33-38)56-51-31-28-40(39-27-29-46-48(34-39)43-23-10-11-25-45(43)53(46)37-17-6-2-7-18-37)35-49(51)54-52(56)32-30-47-44-24-12-13-26-50(44)57(55(47)54)41-20-8-3-9-21-41/h1-35,53H. The molecule has 2 heterocycles. The van der Waals surface area contributed by atoms with Gasteiger partial charge in [0.2, 0.25) is 0 Å². The number of rotatable bonds is 5. The van der Waals surface area contributed by atoms with Gasteiger partial charge in [0, 0.05) is 38.8 Å². The molecule has 1 aliphatic rings. The molecule has 0 amide bonds. The first kappa shape index (κ1) is 31.9. The van der Waals surface area contributed by atoms with Crippen LogP contribution in [0.2, 0.25) is 0 Å². The minimum absolute atomic E-state index is 0.228. The monoisotopic (exact) mass is 724 g/mol. The second-order valence-corrected chi connectivity index (χ2v) is 15.3. The van der Waals surface area contributed by atoms with Crippen molar-refractivity contribution in [2.45, 2.75) is 5.92 Å². The lowest BCUT2D eigenvalue weighted by molar-refractivity contribution is 1.02. The molecular formula is C55H36N2. The van der Waals surface area contributed by atoms with Gasteiger partial charge in [0.15, 0.2) is 0 Å². The quantitative estimate of drug-likeness (QED) is 0.167. The Hall–Kier alpha value is -7.42. The first-order valence-corrected chi connectivity index (χ1v) is 19.8. The summed E-state index contributed by atoms with van der Waals surface area (Å²) < 4.78 is 4.94. The van der Waals surface area contributed by atoms with Crippen LogP contribution in [0.5, 0.6) is 0 Å². The predicted octanol–water partition coefficient (Wildman–Crippen LogP) is 14.4. The molecule has 1 aliphatic carbocycles. The van der Waals surface area contributed by atoms with E-state index in [0.29, 0.717) is 0 Å². The number of nitrogens with zero attached hydrogens (tertiary/aromatic N) is 2. The van der Waals surface area contributed by atoms with Crippen molar-refractivity contribution in [3.05, 3.63) is 229 Å². The van der Waals surface area contributed by atoms with Crippen LogP contribution in [0.15, 0.2) is 212 Å². The highest BCUT2D eigenvalue weighted by Crippen LogP contribution is 2.50. The van der Waals surface area contributed by atoms with E-state index in [-0.39, 0.29) is 5.92 Å². The van der Waals surface area contributed by atoms with Gasteiger partial charge in [-0.1, -0.05) is 158 Å². The van der Waals surface area contributed by atoms with Gasteiger partial charge in [-0.3, -0.25) is 0 Å². The van der Waals surface area contributed by atoms with Gasteiger partial charge in [0.05, 0.1) is 22.1 Å². The fraction of sp³-hybridized carbons (Fsp3) is 0.0182. The third kappa shape index (κ3) is 4.84. The number of fused-ring (bicyclic) bond motifs is 10. The molecule has 9 aromatic carbocycles. The van der Waals surface area contributed by atoms with Crippen LogP contribution in [-0.4, -0.2) is 9.13 Å². The lowest BCUT2D eigenvalue weighted by atomic mass is 9.89. The highest BCUT2D eigenvalue weighted by molar-refractivity contribution is 6.26. The van der Waals surface area contributed by atoms with E-state index in [0.717, 1.165) is 11.4 Å². The van der Waals surface area contributed by atoms with Gasteiger partial charge in [-0.05, 0) is 105 Å². The van der Waals surface area contributed by atoms with Crippen LogP contribution in [-0.2, 0) is 0 Å². The molecule has 266 valence electrons. The van der Waals surface area contributed by atoms with Crippen LogP contribution in [0.3, 0.4) is 0 Å². The van der Waals surface area contributed by atoms with E-state index in [2.05, 4.69) is 221 Å². The van der Waals surface area contributed by atoms with E-state index in [1.165, 1.54) is 93.7 Å². The molecule has 2 nitrogen and oxygen atoms in total. The van der Waals surface area contributed by atoms with Crippen LogP contribution in [0.25, 0.3) is 88.4 Å². The summed E-state index contributed by atoms with van der Waals surface area (Å²) in [6, 6.07) is 78.1. The first-order valence-electron chi connectivity index (χ1n) is 19.8. The van der Waals surface area contributed by atoms with Crippen molar-refractivity contribution in [3.8, 4) is 44.8 Å². The molecule has 11 aromatic rings. The Morgan fingerprint density at radius 3 is 1.79 bits per heavy atom. The summed E-state index contributed by atoms with van der Waals surface area (Å²) in [5, 5.41) is 5.00. The average Bonchev–Trinajstić information content (AvgIpc) is 3.92. The van der Waals surface area contributed by atoms with Gasteiger partial charge in [-0.25, -0.2) is 0 Å². The van der Waals surface area contributed by atoms with Crippen LogP contribution in [0.4, 0.5) is 0 Å². The second-order valence-electron chi connectivity index (χ2n) is 15.3. The molecule has 1 unspecified atom stereocenters. The maximum Gasteiger partial charge on any atom is 0.0641 e. The van der Waals surface area contributed by atoms with E-state index < -0.39 is 0 Å². The van der Waals surface area contributed by atoms with Crippen molar-refractivity contribution in [3.63, 3.8) is 0 Å². The van der Waals surface area contributed by atoms with E-state index >= 15 is 0 Å². The molecule has 0 bridgehead atoms. The zero-order valence-corrected chi connectivity index (χ0v) is 31.2. The van der Waals surface area contributed by atoms with Crippen LogP contribution in [0.1, 0.15) is 22.6 Å². The first-order chi connectivity index (χ1) is 28.3. The van der Waals surface area contributed by atoms with E-state index in [4.69, 9.17) is 0 Å². The number of para-hydroxylation sites is 2. The van der Waals surface area contributed by atoms with Crippen LogP contribution >= 0.6 is 0 Å². The van der Waals surface area contributed by atoms with E-state index in [1.807, 2.05) is 0 Å². The topological polar surface area (TPSA) is 9.86 Å². The van der Waals surface area contributed by atoms with E-state index in [9.17, 15) is 0 Å². The molecule has 0 saturated heterocycles. The Morgan fingerprint density at radius 2 is 0.930 bits per heavy atom. The van der Waals surface area contributed by atoms with E-state index in [1.54, 1.807) is 0 Å². The highest BCUT2D eigenvalue weighted by Gasteiger charge is 2.30. The molecule has 0 radical (unpaired) electrons. The van der Waals surface area contributed by atoms with Gasteiger partial charge in [-0.2, -0.15) is 0 Å². The van der Waals surface area contributed by atoms with Crippen molar-refractivity contribution in [1.29, 1.82) is 0 Å². The number of hydrogen-bond acceptors (Lipinski definition) is 0. The lowest BCUT2D eigenvalue weighted by Crippen LogP contribution is -1.98. The maximum absolute atomic E-state index is 2.47. The molecule has 2 heteroatoms. The molecule has 0 fully saturated rings. The summed E-state index contributed by atoms with van der Waals surface area (Å²) in [6.07, 6.45) is 0. The molecule has 0 saturated carbocycles. The normalized spacial score (nSPS) is 13.4. The van der Waals surface area contributed by atoms with Gasteiger partial charge < -0.3 is 9.13 Å². The average molecular weight is 725 g/mol. The third-order valence-corrected chi connectivity index (χ3v) is 12.2. The summed E-state index contributed by atoms with van der Waals surface area (Å²) in [5.74, 6) is 0.228.